The summed E-state index contributed by atoms with van der Waals surface area (Å²) in [5.41, 5.74) is 3.26. The third-order valence-corrected chi connectivity index (χ3v) is 4.93. The van der Waals surface area contributed by atoms with Crippen LogP contribution in [0.4, 0.5) is 0 Å². The minimum Gasteiger partial charge on any atom is -0.357 e. The van der Waals surface area contributed by atoms with Crippen molar-refractivity contribution in [1.82, 2.24) is 25.4 Å². The Morgan fingerprint density at radius 2 is 2.07 bits per heavy atom. The Balaban J connectivity index is 0.00000261. The molecule has 144 valence electrons. The minimum atomic E-state index is 0. The van der Waals surface area contributed by atoms with Gasteiger partial charge in [0.05, 0.1) is 29.5 Å². The van der Waals surface area contributed by atoms with Gasteiger partial charge < -0.3 is 10.6 Å². The monoisotopic (exact) mass is 496 g/mol. The second kappa shape index (κ2) is 10.4. The van der Waals surface area contributed by atoms with Gasteiger partial charge in [0.15, 0.2) is 5.96 Å². The second-order valence-corrected chi connectivity index (χ2v) is 7.20. The van der Waals surface area contributed by atoms with Crippen LogP contribution in [0, 0.1) is 13.8 Å². The quantitative estimate of drug-likeness (QED) is 0.310. The molecule has 1 aromatic carbocycles. The first-order valence-corrected chi connectivity index (χ1v) is 9.51. The molecule has 0 atom stereocenters. The number of benzene rings is 1. The number of aliphatic imine (C=N–C) groups is 1. The maximum Gasteiger partial charge on any atom is 0.191 e. The Hall–Kier alpha value is -1.94. The first-order valence-electron chi connectivity index (χ1n) is 8.69. The number of guanidine groups is 1. The molecule has 3 rings (SSSR count). The summed E-state index contributed by atoms with van der Waals surface area (Å²) in [7, 11) is 0. The van der Waals surface area contributed by atoms with E-state index < -0.39 is 0 Å². The number of hydrogen-bond donors (Lipinski definition) is 2. The van der Waals surface area contributed by atoms with Crippen LogP contribution in [-0.4, -0.2) is 27.3 Å². The summed E-state index contributed by atoms with van der Waals surface area (Å²) in [5, 5.41) is 12.1. The van der Waals surface area contributed by atoms with E-state index in [2.05, 4.69) is 39.8 Å². The predicted octanol–water partition coefficient (Wildman–Crippen LogP) is 3.82. The van der Waals surface area contributed by atoms with Crippen LogP contribution in [0.25, 0.3) is 5.69 Å². The summed E-state index contributed by atoms with van der Waals surface area (Å²) in [6, 6.07) is 10.2. The van der Waals surface area contributed by atoms with Crippen LogP contribution in [0.5, 0.6) is 0 Å². The van der Waals surface area contributed by atoms with Crippen LogP contribution in [0.2, 0.25) is 0 Å². The zero-order valence-electron chi connectivity index (χ0n) is 15.8. The number of aromatic nitrogens is 3. The van der Waals surface area contributed by atoms with E-state index in [0.29, 0.717) is 6.54 Å². The zero-order valence-corrected chi connectivity index (χ0v) is 18.9. The van der Waals surface area contributed by atoms with Crippen molar-refractivity contribution in [2.45, 2.75) is 33.9 Å². The lowest BCUT2D eigenvalue weighted by molar-refractivity contribution is 0.818. The molecule has 0 saturated heterocycles. The zero-order chi connectivity index (χ0) is 18.4. The van der Waals surface area contributed by atoms with Gasteiger partial charge in [-0.1, -0.05) is 12.1 Å². The second-order valence-electron chi connectivity index (χ2n) is 5.91. The summed E-state index contributed by atoms with van der Waals surface area (Å²) >= 11 is 1.72. The molecule has 0 aliphatic carbocycles. The molecule has 0 bridgehead atoms. The van der Waals surface area contributed by atoms with Gasteiger partial charge in [-0.2, -0.15) is 5.10 Å². The molecule has 6 nitrogen and oxygen atoms in total. The summed E-state index contributed by atoms with van der Waals surface area (Å²) < 4.78 is 1.85. The van der Waals surface area contributed by atoms with Crippen molar-refractivity contribution in [1.29, 1.82) is 0 Å². The fourth-order valence-electron chi connectivity index (χ4n) is 2.63. The Morgan fingerprint density at radius 1 is 1.22 bits per heavy atom. The van der Waals surface area contributed by atoms with Gasteiger partial charge in [-0.25, -0.2) is 14.7 Å². The number of aryl methyl sites for hydroxylation is 2. The van der Waals surface area contributed by atoms with Gasteiger partial charge in [0.1, 0.15) is 0 Å². The van der Waals surface area contributed by atoms with Crippen molar-refractivity contribution in [3.8, 4) is 5.69 Å². The molecule has 2 heterocycles. The summed E-state index contributed by atoms with van der Waals surface area (Å²) in [5.74, 6) is 0.808. The normalized spacial score (nSPS) is 11.1. The molecule has 0 unspecified atom stereocenters. The molecule has 27 heavy (non-hydrogen) atoms. The largest absolute Gasteiger partial charge is 0.357 e. The van der Waals surface area contributed by atoms with Crippen molar-refractivity contribution in [2.24, 2.45) is 4.99 Å². The molecule has 8 heteroatoms. The number of nitrogens with one attached hydrogen (secondary N) is 2. The molecular formula is C19H25IN6S. The molecule has 0 aliphatic heterocycles. The standard InChI is InChI=1S/C19H24N6S.HI/c1-4-20-19(22-13-18-14(2)24-15(3)26-18)21-12-16-7-5-8-17(11-16)25-10-6-9-23-25;/h5-11H,4,12-13H2,1-3H3,(H2,20,21,22);1H. The highest BCUT2D eigenvalue weighted by molar-refractivity contribution is 14.0. The number of nitrogens with zero attached hydrogens (tertiary/aromatic N) is 4. The highest BCUT2D eigenvalue weighted by atomic mass is 127. The molecule has 0 amide bonds. The van der Waals surface area contributed by atoms with Crippen molar-refractivity contribution < 1.29 is 0 Å². The average molecular weight is 496 g/mol. The van der Waals surface area contributed by atoms with Gasteiger partial charge in [0, 0.05) is 23.8 Å². The first kappa shape index (κ1) is 21.4. The smallest absolute Gasteiger partial charge is 0.191 e. The molecule has 2 aromatic heterocycles. The molecule has 0 radical (unpaired) electrons. The topological polar surface area (TPSA) is 67.1 Å². The molecule has 0 spiro atoms. The van der Waals surface area contributed by atoms with Crippen LogP contribution in [-0.2, 0) is 13.1 Å². The molecule has 3 aromatic rings. The van der Waals surface area contributed by atoms with Crippen LogP contribution in [0.3, 0.4) is 0 Å². The van der Waals surface area contributed by atoms with Gasteiger partial charge in [-0.15, -0.1) is 35.3 Å². The third kappa shape index (κ3) is 6.03. The van der Waals surface area contributed by atoms with E-state index in [1.165, 1.54) is 4.88 Å². The Bertz CT molecular complexity index is 872. The number of halogens is 1. The Morgan fingerprint density at radius 3 is 2.74 bits per heavy atom. The van der Waals surface area contributed by atoms with E-state index >= 15 is 0 Å². The van der Waals surface area contributed by atoms with Crippen molar-refractivity contribution in [3.05, 3.63) is 63.9 Å². The fraction of sp³-hybridized carbons (Fsp3) is 0.316. The molecular weight excluding hydrogens is 471 g/mol. The van der Waals surface area contributed by atoms with Gasteiger partial charge in [-0.05, 0) is 44.5 Å². The van der Waals surface area contributed by atoms with Gasteiger partial charge in [0.25, 0.3) is 0 Å². The van der Waals surface area contributed by atoms with E-state index in [1.807, 2.05) is 42.9 Å². The van der Waals surface area contributed by atoms with E-state index in [9.17, 15) is 0 Å². The SMILES string of the molecule is CCNC(=NCc1cccc(-n2cccn2)c1)NCc1sc(C)nc1C.I. The van der Waals surface area contributed by atoms with E-state index in [0.717, 1.165) is 41.0 Å². The summed E-state index contributed by atoms with van der Waals surface area (Å²) in [4.78, 5) is 10.4. The molecule has 0 saturated carbocycles. The van der Waals surface area contributed by atoms with Crippen LogP contribution >= 0.6 is 35.3 Å². The third-order valence-electron chi connectivity index (χ3n) is 3.86. The van der Waals surface area contributed by atoms with Crippen LogP contribution in [0.1, 0.15) is 28.1 Å². The summed E-state index contributed by atoms with van der Waals surface area (Å²) in [6.07, 6.45) is 3.72. The lowest BCUT2D eigenvalue weighted by Gasteiger charge is -2.11. The van der Waals surface area contributed by atoms with Crippen molar-refractivity contribution in [2.75, 3.05) is 6.54 Å². The van der Waals surface area contributed by atoms with Crippen molar-refractivity contribution >= 4 is 41.3 Å². The fourth-order valence-corrected chi connectivity index (χ4v) is 3.51. The van der Waals surface area contributed by atoms with E-state index in [1.54, 1.807) is 17.5 Å². The van der Waals surface area contributed by atoms with Crippen LogP contribution in [0.15, 0.2) is 47.7 Å². The molecule has 2 N–H and O–H groups in total. The Kier molecular flexibility index (Phi) is 8.23. The Labute approximate surface area is 181 Å². The number of thiazole rings is 1. The molecule has 0 fully saturated rings. The van der Waals surface area contributed by atoms with Crippen molar-refractivity contribution in [3.63, 3.8) is 0 Å². The number of rotatable bonds is 6. The maximum absolute atomic E-state index is 4.71. The van der Waals surface area contributed by atoms with Gasteiger partial charge in [0.2, 0.25) is 0 Å². The number of hydrogen-bond acceptors (Lipinski definition) is 4. The highest BCUT2D eigenvalue weighted by Crippen LogP contribution is 2.16. The van der Waals surface area contributed by atoms with Crippen LogP contribution < -0.4 is 10.6 Å². The average Bonchev–Trinajstić information content (AvgIpc) is 3.27. The first-order chi connectivity index (χ1) is 12.7. The highest BCUT2D eigenvalue weighted by Gasteiger charge is 2.06. The van der Waals surface area contributed by atoms with Gasteiger partial charge in [-0.3, -0.25) is 0 Å². The lowest BCUT2D eigenvalue weighted by Crippen LogP contribution is -2.36. The van der Waals surface area contributed by atoms with E-state index in [-0.39, 0.29) is 24.0 Å². The van der Waals surface area contributed by atoms with Gasteiger partial charge >= 0.3 is 0 Å². The summed E-state index contributed by atoms with van der Waals surface area (Å²) in [6.45, 7) is 8.30. The van der Waals surface area contributed by atoms with E-state index in [4.69, 9.17) is 4.99 Å². The minimum absolute atomic E-state index is 0. The molecule has 0 aliphatic rings. The lowest BCUT2D eigenvalue weighted by atomic mass is 10.2. The predicted molar refractivity (Wildman–Crippen MR) is 122 cm³/mol. The maximum atomic E-state index is 4.71.